The number of ether oxygens (including phenoxy) is 2. The van der Waals surface area contributed by atoms with Crippen molar-refractivity contribution in [2.75, 3.05) is 11.6 Å². The maximum absolute atomic E-state index is 12.4. The lowest BCUT2D eigenvalue weighted by atomic mass is 9.97. The molecule has 0 saturated carbocycles. The number of hydrogen-bond acceptors (Lipinski definition) is 6. The molecule has 1 aliphatic heterocycles. The van der Waals surface area contributed by atoms with Crippen LogP contribution in [0.3, 0.4) is 0 Å². The van der Waals surface area contributed by atoms with Gasteiger partial charge in [-0.25, -0.2) is 14.6 Å². The zero-order chi connectivity index (χ0) is 17.2. The highest BCUT2D eigenvalue weighted by Gasteiger charge is 2.49. The molecule has 1 unspecified atom stereocenters. The van der Waals surface area contributed by atoms with Crippen molar-refractivity contribution >= 4 is 46.9 Å². The molecule has 1 aliphatic rings. The first kappa shape index (κ1) is 17.4. The number of benzene rings is 1. The lowest BCUT2D eigenvalue weighted by Gasteiger charge is -2.31. The zero-order valence-electron chi connectivity index (χ0n) is 12.4. The molecule has 0 radical (unpaired) electrons. The highest BCUT2D eigenvalue weighted by atomic mass is 35.5. The Balaban J connectivity index is 2.46. The molecule has 0 aromatic heterocycles. The molecule has 0 aliphatic carbocycles. The lowest BCUT2D eigenvalue weighted by Crippen LogP contribution is -2.48. The molecular formula is C14H14Cl2N2O5. The van der Waals surface area contributed by atoms with Crippen LogP contribution in [0, 0.1) is 0 Å². The monoisotopic (exact) mass is 360 g/mol. The van der Waals surface area contributed by atoms with E-state index >= 15 is 0 Å². The number of nitrogens with zero attached hydrogens (tertiary/aromatic N) is 2. The third kappa shape index (κ3) is 3.51. The van der Waals surface area contributed by atoms with Crippen LogP contribution in [0.5, 0.6) is 0 Å². The predicted molar refractivity (Wildman–Crippen MR) is 85.1 cm³/mol. The lowest BCUT2D eigenvalue weighted by molar-refractivity contribution is -0.148. The number of esters is 1. The minimum absolute atomic E-state index is 0.0723. The van der Waals surface area contributed by atoms with Crippen LogP contribution in [0.15, 0.2) is 23.3 Å². The molecule has 0 saturated heterocycles. The summed E-state index contributed by atoms with van der Waals surface area (Å²) < 4.78 is 9.67. The van der Waals surface area contributed by atoms with Crippen LogP contribution < -0.4 is 5.01 Å². The Hall–Kier alpha value is -1.99. The Bertz CT molecular complexity index is 679. The van der Waals surface area contributed by atoms with Crippen molar-refractivity contribution in [3.63, 3.8) is 0 Å². The maximum atomic E-state index is 12.4. The van der Waals surface area contributed by atoms with E-state index in [2.05, 4.69) is 9.84 Å². The van der Waals surface area contributed by atoms with Gasteiger partial charge in [-0.2, -0.15) is 0 Å². The van der Waals surface area contributed by atoms with E-state index in [4.69, 9.17) is 33.0 Å². The fourth-order valence-corrected chi connectivity index (χ4v) is 2.69. The third-order valence-electron chi connectivity index (χ3n) is 3.23. The molecule has 0 amide bonds. The zero-order valence-corrected chi connectivity index (χ0v) is 13.9. The van der Waals surface area contributed by atoms with Crippen molar-refractivity contribution < 1.29 is 24.2 Å². The van der Waals surface area contributed by atoms with E-state index in [-0.39, 0.29) is 23.9 Å². The summed E-state index contributed by atoms with van der Waals surface area (Å²) >= 11 is 12.0. The van der Waals surface area contributed by atoms with Crippen molar-refractivity contribution in [1.29, 1.82) is 0 Å². The van der Waals surface area contributed by atoms with Gasteiger partial charge in [-0.3, -0.25) is 0 Å². The Labute approximate surface area is 142 Å². The van der Waals surface area contributed by atoms with Gasteiger partial charge >= 0.3 is 12.1 Å². The molecule has 1 heterocycles. The molecule has 0 fully saturated rings. The van der Waals surface area contributed by atoms with E-state index in [1.54, 1.807) is 26.0 Å². The standard InChI is InChI=1S/C14H14Cl2N2O5/c1-3-22-12(19)14(2)7-11(23-13(20)21)17-18(14)10-5-4-8(15)6-9(10)16/h4-6H,3,7H2,1-2H3,(H,20,21). The average Bonchev–Trinajstić information content (AvgIpc) is 2.76. The highest BCUT2D eigenvalue weighted by molar-refractivity contribution is 6.36. The quantitative estimate of drug-likeness (QED) is 0.829. The molecule has 7 nitrogen and oxygen atoms in total. The van der Waals surface area contributed by atoms with Gasteiger partial charge in [-0.15, -0.1) is 5.10 Å². The number of hydrazone groups is 1. The first-order valence-electron chi connectivity index (χ1n) is 6.68. The molecule has 0 bridgehead atoms. The number of carbonyl (C=O) groups excluding carboxylic acids is 1. The van der Waals surface area contributed by atoms with E-state index in [9.17, 15) is 9.59 Å². The highest BCUT2D eigenvalue weighted by Crippen LogP contribution is 2.39. The molecule has 1 aromatic carbocycles. The van der Waals surface area contributed by atoms with Crippen LogP contribution in [0.25, 0.3) is 0 Å². The topological polar surface area (TPSA) is 88.4 Å². The molecule has 9 heteroatoms. The first-order valence-corrected chi connectivity index (χ1v) is 7.44. The second-order valence-electron chi connectivity index (χ2n) is 4.94. The van der Waals surface area contributed by atoms with Crippen LogP contribution in [0.2, 0.25) is 10.0 Å². The molecule has 23 heavy (non-hydrogen) atoms. The number of hydrogen-bond donors (Lipinski definition) is 1. The summed E-state index contributed by atoms with van der Waals surface area (Å²) in [5, 5.41) is 14.8. The Morgan fingerprint density at radius 3 is 2.70 bits per heavy atom. The summed E-state index contributed by atoms with van der Waals surface area (Å²) in [5.41, 5.74) is -0.895. The third-order valence-corrected chi connectivity index (χ3v) is 3.77. The Kier molecular flexibility index (Phi) is 5.01. The molecule has 124 valence electrons. The number of halogens is 2. The van der Waals surface area contributed by atoms with Crippen LogP contribution in [-0.2, 0) is 14.3 Å². The predicted octanol–water partition coefficient (Wildman–Crippen LogP) is 3.53. The summed E-state index contributed by atoms with van der Waals surface area (Å²) in [6.45, 7) is 3.41. The van der Waals surface area contributed by atoms with Gasteiger partial charge in [0.15, 0.2) is 5.54 Å². The van der Waals surface area contributed by atoms with Gasteiger partial charge in [0, 0.05) is 5.02 Å². The van der Waals surface area contributed by atoms with Crippen LogP contribution in [0.1, 0.15) is 20.3 Å². The van der Waals surface area contributed by atoms with E-state index in [0.717, 1.165) is 0 Å². The largest absolute Gasteiger partial charge is 0.512 e. The van der Waals surface area contributed by atoms with Crippen LogP contribution >= 0.6 is 23.2 Å². The number of carbonyl (C=O) groups is 2. The summed E-state index contributed by atoms with van der Waals surface area (Å²) in [5.74, 6) is -0.696. The van der Waals surface area contributed by atoms with Crippen molar-refractivity contribution in [2.24, 2.45) is 5.10 Å². The fraction of sp³-hybridized carbons (Fsp3) is 0.357. The second kappa shape index (κ2) is 6.64. The van der Waals surface area contributed by atoms with Crippen molar-refractivity contribution in [2.45, 2.75) is 25.8 Å². The SMILES string of the molecule is CCOC(=O)C1(C)CC(OC(=O)O)=NN1c1ccc(Cl)cc1Cl. The number of carboxylic acid groups (broad SMARTS) is 1. The number of anilines is 1. The average molecular weight is 361 g/mol. The number of rotatable bonds is 3. The smallest absolute Gasteiger partial charge is 0.464 e. The summed E-state index contributed by atoms with van der Waals surface area (Å²) in [6.07, 6.45) is -1.59. The van der Waals surface area contributed by atoms with E-state index in [0.29, 0.717) is 10.7 Å². The van der Waals surface area contributed by atoms with Crippen molar-refractivity contribution in [3.05, 3.63) is 28.2 Å². The molecule has 1 N–H and O–H groups in total. The van der Waals surface area contributed by atoms with Crippen LogP contribution in [0.4, 0.5) is 10.5 Å². The molecular weight excluding hydrogens is 347 g/mol. The normalized spacial score (nSPS) is 20.2. The maximum Gasteiger partial charge on any atom is 0.512 e. The minimum atomic E-state index is -1.51. The Morgan fingerprint density at radius 2 is 2.13 bits per heavy atom. The van der Waals surface area contributed by atoms with Gasteiger partial charge in [0.25, 0.3) is 0 Å². The van der Waals surface area contributed by atoms with Crippen molar-refractivity contribution in [1.82, 2.24) is 0 Å². The van der Waals surface area contributed by atoms with E-state index in [1.165, 1.54) is 11.1 Å². The molecule has 2 rings (SSSR count). The molecule has 0 spiro atoms. The van der Waals surface area contributed by atoms with E-state index in [1.807, 2.05) is 0 Å². The van der Waals surface area contributed by atoms with Crippen LogP contribution in [-0.4, -0.2) is 35.3 Å². The Morgan fingerprint density at radius 1 is 1.43 bits per heavy atom. The molecule has 1 aromatic rings. The van der Waals surface area contributed by atoms with Gasteiger partial charge < -0.3 is 14.6 Å². The summed E-state index contributed by atoms with van der Waals surface area (Å²) in [6, 6.07) is 4.66. The molecule has 1 atom stereocenters. The van der Waals surface area contributed by atoms with E-state index < -0.39 is 17.7 Å². The fourth-order valence-electron chi connectivity index (χ4n) is 2.20. The second-order valence-corrected chi connectivity index (χ2v) is 5.78. The van der Waals surface area contributed by atoms with Gasteiger partial charge in [-0.1, -0.05) is 23.2 Å². The summed E-state index contributed by atoms with van der Waals surface area (Å²) in [7, 11) is 0. The first-order chi connectivity index (χ1) is 10.8. The van der Waals surface area contributed by atoms with Gasteiger partial charge in [-0.05, 0) is 32.0 Å². The minimum Gasteiger partial charge on any atom is -0.464 e. The van der Waals surface area contributed by atoms with Crippen molar-refractivity contribution in [3.8, 4) is 0 Å². The van der Waals surface area contributed by atoms with Gasteiger partial charge in [0.1, 0.15) is 0 Å². The van der Waals surface area contributed by atoms with Gasteiger partial charge in [0.05, 0.1) is 23.7 Å². The summed E-state index contributed by atoms with van der Waals surface area (Å²) in [4.78, 5) is 23.1. The van der Waals surface area contributed by atoms with Gasteiger partial charge in [0.2, 0.25) is 5.90 Å².